The van der Waals surface area contributed by atoms with Crippen LogP contribution in [0, 0.1) is 0 Å². The Morgan fingerprint density at radius 2 is 0.714 bits per heavy atom. The first-order valence-corrected chi connectivity index (χ1v) is 31.5. The second-order valence-corrected chi connectivity index (χ2v) is 24.8. The van der Waals surface area contributed by atoms with Crippen LogP contribution in [0.4, 0.5) is 0 Å². The van der Waals surface area contributed by atoms with Crippen molar-refractivity contribution in [1.29, 1.82) is 0 Å². The van der Waals surface area contributed by atoms with E-state index < -0.39 is 28.4 Å². The third kappa shape index (κ3) is 10.8. The van der Waals surface area contributed by atoms with Crippen molar-refractivity contribution >= 4 is 34.3 Å². The van der Waals surface area contributed by atoms with E-state index in [2.05, 4.69) is 166 Å². The number of rotatable bonds is 20. The van der Waals surface area contributed by atoms with E-state index in [0.29, 0.717) is 52.3 Å². The Morgan fingerprint density at radius 1 is 0.363 bits per heavy atom. The van der Waals surface area contributed by atoms with Gasteiger partial charge >= 0.3 is 11.9 Å². The fourth-order valence-corrected chi connectivity index (χ4v) is 14.0. The molecule has 0 N–H and O–H groups in total. The SMILES string of the molecule is CCCCC(C)(C)Oc1ccc(C2(c3ccc(OC(=O)c4ccc(C(=O)C(C)(CCC)Oc5ccc(C6(c7ccc(OC(=O)c8ccc9cc(C(C)=O)ccc9c8)cc7)c7ccccc7-c7ccccc76)cc5)cc4)cc3)c3ccccc3-c3ccccc32)cc1. The molecule has 0 spiro atoms. The predicted octanol–water partition coefficient (Wildman–Crippen LogP) is 19.4. The summed E-state index contributed by atoms with van der Waals surface area (Å²) in [7, 11) is 0. The molecule has 0 aliphatic heterocycles. The van der Waals surface area contributed by atoms with Gasteiger partial charge in [-0.1, -0.05) is 203 Å². The molecule has 2 aliphatic rings. The Kier molecular flexibility index (Phi) is 15.8. The van der Waals surface area contributed by atoms with E-state index in [0.717, 1.165) is 80.3 Å². The molecule has 91 heavy (non-hydrogen) atoms. The van der Waals surface area contributed by atoms with Crippen LogP contribution in [0.25, 0.3) is 33.0 Å². The fraction of sp³-hybridized carbons (Fsp3) is 0.181. The Hall–Kier alpha value is -10.4. The van der Waals surface area contributed by atoms with Gasteiger partial charge in [-0.25, -0.2) is 9.59 Å². The minimum Gasteiger partial charge on any atom is -0.488 e. The summed E-state index contributed by atoms with van der Waals surface area (Å²) in [5, 5.41) is 1.69. The number of hydrogen-bond donors (Lipinski definition) is 0. The number of unbranched alkanes of at least 4 members (excludes halogenated alkanes) is 1. The topological polar surface area (TPSA) is 105 Å². The van der Waals surface area contributed by atoms with Crippen LogP contribution in [0.3, 0.4) is 0 Å². The molecule has 8 heteroatoms. The molecule has 0 heterocycles. The first-order valence-electron chi connectivity index (χ1n) is 31.5. The van der Waals surface area contributed by atoms with Crippen molar-refractivity contribution in [2.45, 2.75) is 95.7 Å². The highest BCUT2D eigenvalue weighted by Crippen LogP contribution is 2.58. The summed E-state index contributed by atoms with van der Waals surface area (Å²) in [4.78, 5) is 54.3. The van der Waals surface area contributed by atoms with Gasteiger partial charge in [0.05, 0.1) is 22.0 Å². The lowest BCUT2D eigenvalue weighted by molar-refractivity contribution is 0.0482. The summed E-state index contributed by atoms with van der Waals surface area (Å²) in [6, 6.07) is 83.5. The molecule has 11 aromatic rings. The van der Waals surface area contributed by atoms with Gasteiger partial charge in [0, 0.05) is 11.1 Å². The summed E-state index contributed by atoms with van der Waals surface area (Å²) >= 11 is 0. The number of fused-ring (bicyclic) bond motifs is 7. The van der Waals surface area contributed by atoms with Crippen molar-refractivity contribution in [2.75, 3.05) is 0 Å². The molecule has 0 radical (unpaired) electrons. The normalized spacial score (nSPS) is 13.8. The largest absolute Gasteiger partial charge is 0.488 e. The lowest BCUT2D eigenvalue weighted by Gasteiger charge is -2.34. The monoisotopic (exact) mass is 1190 g/mol. The average molecular weight is 1200 g/mol. The standard InChI is InChI=1S/C83H70O8/c1-7-9-51-80(4,5)90-67-46-38-63(39-47-67)82(73-22-14-10-18-69(73)70-19-11-15-23-74(70)82)61-34-42-65(43-35-61)88-78(86)56-28-26-55(27-29-56)77(85)81(6,50-8-2)91-68-48-40-64(41-49-68)83(75-24-16-12-20-71(75)72-21-13-17-25-76(72)83)62-36-44-66(45-37-62)89-79(87)60-33-32-58-52-57(54(3)84)30-31-59(58)53-60/h10-49,52-53H,7-9,50-51H2,1-6H3. The van der Waals surface area contributed by atoms with Crippen molar-refractivity contribution in [3.63, 3.8) is 0 Å². The van der Waals surface area contributed by atoms with Gasteiger partial charge in [-0.3, -0.25) is 9.59 Å². The lowest BCUT2D eigenvalue weighted by atomic mass is 9.67. The second kappa shape index (κ2) is 24.2. The molecule has 11 aromatic carbocycles. The molecule has 13 rings (SSSR count). The molecular formula is C83H70O8. The smallest absolute Gasteiger partial charge is 0.343 e. The number of hydrogen-bond acceptors (Lipinski definition) is 8. The molecule has 0 amide bonds. The van der Waals surface area contributed by atoms with Crippen molar-refractivity contribution in [1.82, 2.24) is 0 Å². The van der Waals surface area contributed by atoms with Crippen LogP contribution in [0.2, 0.25) is 0 Å². The van der Waals surface area contributed by atoms with Gasteiger partial charge in [-0.2, -0.15) is 0 Å². The molecule has 0 fully saturated rings. The zero-order valence-electron chi connectivity index (χ0n) is 52.1. The van der Waals surface area contributed by atoms with Gasteiger partial charge in [0.25, 0.3) is 0 Å². The van der Waals surface area contributed by atoms with Gasteiger partial charge in [0.1, 0.15) is 28.6 Å². The lowest BCUT2D eigenvalue weighted by Crippen LogP contribution is -2.41. The average Bonchev–Trinajstić information content (AvgIpc) is 1.58. The summed E-state index contributed by atoms with van der Waals surface area (Å²) in [5.74, 6) is 0.879. The second-order valence-electron chi connectivity index (χ2n) is 24.8. The molecule has 1 unspecified atom stereocenters. The Morgan fingerprint density at radius 3 is 1.12 bits per heavy atom. The molecule has 0 bridgehead atoms. The minimum atomic E-state index is -1.25. The summed E-state index contributed by atoms with van der Waals surface area (Å²) in [6.45, 7) is 11.9. The third-order valence-electron chi connectivity index (χ3n) is 18.4. The number of ketones is 2. The van der Waals surface area contributed by atoms with Gasteiger partial charge in [0.15, 0.2) is 11.4 Å². The number of ether oxygens (including phenoxy) is 4. The number of Topliss-reactive ketones (excluding diaryl/α,β-unsaturated/α-hetero) is 2. The maximum absolute atomic E-state index is 14.7. The first kappa shape index (κ1) is 59.5. The highest BCUT2D eigenvalue weighted by molar-refractivity contribution is 6.04. The van der Waals surface area contributed by atoms with E-state index >= 15 is 0 Å². The maximum Gasteiger partial charge on any atom is 0.343 e. The summed E-state index contributed by atoms with van der Waals surface area (Å²) in [6.07, 6.45) is 4.29. The highest BCUT2D eigenvalue weighted by atomic mass is 16.5. The van der Waals surface area contributed by atoms with Crippen molar-refractivity contribution in [3.8, 4) is 45.3 Å². The van der Waals surface area contributed by atoms with Gasteiger partial charge in [-0.05, 0) is 203 Å². The van der Waals surface area contributed by atoms with E-state index in [9.17, 15) is 19.2 Å². The van der Waals surface area contributed by atoms with E-state index in [1.165, 1.54) is 29.2 Å². The minimum absolute atomic E-state index is 0.0212. The molecular weight excluding hydrogens is 1120 g/mol. The number of carbonyl (C=O) groups is 4. The predicted molar refractivity (Wildman–Crippen MR) is 360 cm³/mol. The molecule has 450 valence electrons. The van der Waals surface area contributed by atoms with Crippen LogP contribution < -0.4 is 18.9 Å². The molecule has 0 saturated carbocycles. The summed E-state index contributed by atoms with van der Waals surface area (Å²) < 4.78 is 25.4. The Bertz CT molecular complexity index is 4490. The third-order valence-corrected chi connectivity index (χ3v) is 18.4. The number of carbonyl (C=O) groups excluding carboxylic acids is 4. The Balaban J connectivity index is 0.730. The van der Waals surface area contributed by atoms with E-state index in [1.807, 2.05) is 80.6 Å². The van der Waals surface area contributed by atoms with E-state index in [-0.39, 0.29) is 17.2 Å². The number of benzene rings is 11. The Labute approximate surface area is 532 Å². The van der Waals surface area contributed by atoms with Crippen molar-refractivity contribution in [3.05, 3.63) is 322 Å². The summed E-state index contributed by atoms with van der Waals surface area (Å²) in [5.41, 5.74) is 12.0. The van der Waals surface area contributed by atoms with Crippen molar-refractivity contribution in [2.24, 2.45) is 0 Å². The molecule has 2 aliphatic carbocycles. The zero-order valence-corrected chi connectivity index (χ0v) is 52.1. The van der Waals surface area contributed by atoms with Crippen molar-refractivity contribution < 1.29 is 38.1 Å². The van der Waals surface area contributed by atoms with Gasteiger partial charge in [-0.15, -0.1) is 0 Å². The van der Waals surface area contributed by atoms with Crippen LogP contribution in [0.5, 0.6) is 23.0 Å². The fourth-order valence-electron chi connectivity index (χ4n) is 14.0. The quantitative estimate of drug-likeness (QED) is 0.0422. The number of esters is 2. The van der Waals surface area contributed by atoms with Gasteiger partial charge in [0.2, 0.25) is 5.78 Å². The molecule has 0 aromatic heterocycles. The van der Waals surface area contributed by atoms with Crippen LogP contribution in [-0.2, 0) is 10.8 Å². The van der Waals surface area contributed by atoms with Crippen LogP contribution >= 0.6 is 0 Å². The zero-order chi connectivity index (χ0) is 63.1. The molecule has 0 saturated heterocycles. The van der Waals surface area contributed by atoms with Crippen LogP contribution in [0.15, 0.2) is 255 Å². The van der Waals surface area contributed by atoms with E-state index in [4.69, 9.17) is 18.9 Å². The van der Waals surface area contributed by atoms with Crippen LogP contribution in [-0.4, -0.2) is 34.7 Å². The molecule has 8 nitrogen and oxygen atoms in total. The first-order chi connectivity index (χ1) is 44.1. The maximum atomic E-state index is 14.7. The van der Waals surface area contributed by atoms with Gasteiger partial charge < -0.3 is 18.9 Å². The van der Waals surface area contributed by atoms with Crippen LogP contribution in [0.1, 0.15) is 160 Å². The molecule has 1 atom stereocenters. The van der Waals surface area contributed by atoms with E-state index in [1.54, 1.807) is 42.5 Å². The highest BCUT2D eigenvalue weighted by Gasteiger charge is 2.48.